The van der Waals surface area contributed by atoms with Crippen molar-refractivity contribution < 1.29 is 27.5 Å². The number of fused-ring (bicyclic) bond motifs is 1. The molecule has 2 aromatic carbocycles. The van der Waals surface area contributed by atoms with Crippen LogP contribution < -0.4 is 20.1 Å². The van der Waals surface area contributed by atoms with Crippen LogP contribution in [0.2, 0.25) is 5.02 Å². The highest BCUT2D eigenvalue weighted by atomic mass is 35.5. The molecule has 1 fully saturated rings. The smallest absolute Gasteiger partial charge is 0.265 e. The molecule has 11 heteroatoms. The van der Waals surface area contributed by atoms with Crippen LogP contribution in [0.25, 0.3) is 0 Å². The number of carbonyl (C=O) groups is 2. The van der Waals surface area contributed by atoms with Gasteiger partial charge in [-0.25, -0.2) is 8.42 Å². The van der Waals surface area contributed by atoms with Crippen molar-refractivity contribution in [2.24, 2.45) is 5.92 Å². The molecule has 0 radical (unpaired) electrons. The zero-order chi connectivity index (χ0) is 24.6. The molecule has 2 aliphatic rings. The van der Waals surface area contributed by atoms with Gasteiger partial charge in [0.15, 0.2) is 6.10 Å². The third-order valence-corrected chi connectivity index (χ3v) is 8.30. The Bertz CT molecular complexity index is 1250. The van der Waals surface area contributed by atoms with E-state index in [-0.39, 0.29) is 23.3 Å². The monoisotopic (exact) mass is 507 g/mol. The third-order valence-electron chi connectivity index (χ3n) is 6.00. The molecule has 0 unspecified atom stereocenters. The lowest BCUT2D eigenvalue weighted by Crippen LogP contribution is -2.44. The Hall–Kier alpha value is -2.82. The fourth-order valence-corrected chi connectivity index (χ4v) is 6.13. The van der Waals surface area contributed by atoms with E-state index in [1.165, 1.54) is 17.5 Å². The molecule has 2 aromatic rings. The molecule has 182 valence electrons. The minimum atomic E-state index is -3.89. The molecule has 0 bridgehead atoms. The first-order valence-electron chi connectivity index (χ1n) is 10.9. The molecular weight excluding hydrogens is 482 g/mol. The quantitative estimate of drug-likeness (QED) is 0.641. The molecule has 2 atom stereocenters. The van der Waals surface area contributed by atoms with Crippen LogP contribution in [0.3, 0.4) is 0 Å². The van der Waals surface area contributed by atoms with Crippen molar-refractivity contribution >= 4 is 44.8 Å². The summed E-state index contributed by atoms with van der Waals surface area (Å²) in [7, 11) is -2.39. The maximum absolute atomic E-state index is 13.5. The number of hydrogen-bond acceptors (Lipinski definition) is 6. The summed E-state index contributed by atoms with van der Waals surface area (Å²) in [5.41, 5.74) is 1.43. The molecule has 2 N–H and O–H groups in total. The summed E-state index contributed by atoms with van der Waals surface area (Å²) in [6, 6.07) is 7.95. The number of aryl methyl sites for hydroxylation is 1. The topological polar surface area (TPSA) is 114 Å². The average Bonchev–Trinajstić information content (AvgIpc) is 2.80. The van der Waals surface area contributed by atoms with E-state index in [4.69, 9.17) is 21.1 Å². The number of amides is 2. The molecule has 0 aromatic heterocycles. The summed E-state index contributed by atoms with van der Waals surface area (Å²) in [6.45, 7) is 3.63. The van der Waals surface area contributed by atoms with Gasteiger partial charge in [0.2, 0.25) is 15.9 Å². The van der Waals surface area contributed by atoms with E-state index in [1.807, 2.05) is 0 Å². The minimum absolute atomic E-state index is 0.0581. The minimum Gasteiger partial charge on any atom is -0.495 e. The second-order valence-electron chi connectivity index (χ2n) is 8.40. The average molecular weight is 508 g/mol. The predicted octanol–water partition coefficient (Wildman–Crippen LogP) is 3.42. The number of piperidine rings is 1. The van der Waals surface area contributed by atoms with Gasteiger partial charge in [-0.2, -0.15) is 4.31 Å². The molecule has 9 nitrogen and oxygen atoms in total. The highest BCUT2D eigenvalue weighted by Gasteiger charge is 2.35. The number of carbonyl (C=O) groups excluding carboxylic acids is 2. The largest absolute Gasteiger partial charge is 0.495 e. The molecule has 34 heavy (non-hydrogen) atoms. The maximum Gasteiger partial charge on any atom is 0.265 e. The predicted molar refractivity (Wildman–Crippen MR) is 128 cm³/mol. The van der Waals surface area contributed by atoms with E-state index in [0.717, 1.165) is 0 Å². The first kappa shape index (κ1) is 24.3. The van der Waals surface area contributed by atoms with E-state index in [9.17, 15) is 18.0 Å². The van der Waals surface area contributed by atoms with Crippen molar-refractivity contribution in [3.05, 3.63) is 40.9 Å². The van der Waals surface area contributed by atoms with Crippen LogP contribution in [0.4, 0.5) is 11.4 Å². The zero-order valence-corrected chi connectivity index (χ0v) is 20.6. The van der Waals surface area contributed by atoms with Crippen molar-refractivity contribution in [1.82, 2.24) is 4.31 Å². The summed E-state index contributed by atoms with van der Waals surface area (Å²) in [5, 5.41) is 5.90. The molecule has 0 saturated carbocycles. The van der Waals surface area contributed by atoms with Crippen molar-refractivity contribution in [2.45, 2.75) is 37.7 Å². The molecule has 2 heterocycles. The van der Waals surface area contributed by atoms with Gasteiger partial charge in [-0.3, -0.25) is 9.59 Å². The van der Waals surface area contributed by atoms with Crippen LogP contribution >= 0.6 is 11.6 Å². The summed E-state index contributed by atoms with van der Waals surface area (Å²) < 4.78 is 39.1. The Morgan fingerprint density at radius 3 is 2.76 bits per heavy atom. The van der Waals surface area contributed by atoms with E-state index in [2.05, 4.69) is 10.6 Å². The van der Waals surface area contributed by atoms with Crippen molar-refractivity contribution in [1.29, 1.82) is 0 Å². The van der Waals surface area contributed by atoms with Crippen molar-refractivity contribution in [2.75, 3.05) is 30.8 Å². The summed E-state index contributed by atoms with van der Waals surface area (Å²) >= 11 is 6.13. The molecular formula is C23H26ClN3O6S. The fraction of sp³-hybridized carbons (Fsp3) is 0.391. The number of ether oxygens (including phenoxy) is 2. The summed E-state index contributed by atoms with van der Waals surface area (Å²) in [6.07, 6.45) is 0.395. The molecule has 2 aliphatic heterocycles. The van der Waals surface area contributed by atoms with E-state index >= 15 is 0 Å². The van der Waals surface area contributed by atoms with Crippen LogP contribution in [-0.2, 0) is 19.6 Å². The number of methoxy groups -OCH3 is 1. The maximum atomic E-state index is 13.5. The number of sulfonamides is 1. The van der Waals surface area contributed by atoms with Crippen LogP contribution in [-0.4, -0.2) is 50.8 Å². The molecule has 1 saturated heterocycles. The van der Waals surface area contributed by atoms with Crippen molar-refractivity contribution in [3.63, 3.8) is 0 Å². The van der Waals surface area contributed by atoms with Gasteiger partial charge in [0, 0.05) is 24.8 Å². The number of rotatable bonds is 5. The Kier molecular flexibility index (Phi) is 6.75. The first-order valence-corrected chi connectivity index (χ1v) is 12.7. The SMILES string of the molecule is COc1ccc(NC(=O)[C@H]2CCCN(S(=O)(=O)c3cc4c(cc3C)NC(=O)[C@@H](C)O4)C2)cc1Cl. The number of benzene rings is 2. The van der Waals surface area contributed by atoms with Crippen LogP contribution in [0.15, 0.2) is 35.2 Å². The fourth-order valence-electron chi connectivity index (χ4n) is 4.12. The lowest BCUT2D eigenvalue weighted by Gasteiger charge is -2.32. The number of nitrogens with zero attached hydrogens (tertiary/aromatic N) is 1. The highest BCUT2D eigenvalue weighted by molar-refractivity contribution is 7.89. The molecule has 0 aliphatic carbocycles. The second kappa shape index (κ2) is 9.44. The Morgan fingerprint density at radius 1 is 1.29 bits per heavy atom. The zero-order valence-electron chi connectivity index (χ0n) is 19.1. The van der Waals surface area contributed by atoms with Gasteiger partial charge < -0.3 is 20.1 Å². The Balaban J connectivity index is 1.52. The normalized spacial score (nSPS) is 20.6. The van der Waals surface area contributed by atoms with Gasteiger partial charge in [-0.15, -0.1) is 0 Å². The van der Waals surface area contributed by atoms with Crippen LogP contribution in [0.5, 0.6) is 11.5 Å². The lowest BCUT2D eigenvalue weighted by molar-refractivity contribution is -0.123. The molecule has 4 rings (SSSR count). The molecule has 0 spiro atoms. The van der Waals surface area contributed by atoms with Gasteiger partial charge in [0.1, 0.15) is 11.5 Å². The van der Waals surface area contributed by atoms with Crippen LogP contribution in [0, 0.1) is 12.8 Å². The molecule has 2 amide bonds. The van der Waals surface area contributed by atoms with E-state index < -0.39 is 22.0 Å². The second-order valence-corrected chi connectivity index (χ2v) is 10.7. The number of hydrogen-bond donors (Lipinski definition) is 2. The Labute approximate surface area is 203 Å². The van der Waals surface area contributed by atoms with Crippen molar-refractivity contribution in [3.8, 4) is 11.5 Å². The van der Waals surface area contributed by atoms with Crippen LogP contribution in [0.1, 0.15) is 25.3 Å². The summed E-state index contributed by atoms with van der Waals surface area (Å²) in [5.74, 6) is -0.279. The van der Waals surface area contributed by atoms with Gasteiger partial charge >= 0.3 is 0 Å². The number of anilines is 2. The van der Waals surface area contributed by atoms with E-state index in [1.54, 1.807) is 38.1 Å². The van der Waals surface area contributed by atoms with Gasteiger partial charge in [-0.1, -0.05) is 11.6 Å². The third kappa shape index (κ3) is 4.70. The van der Waals surface area contributed by atoms with E-state index in [0.29, 0.717) is 52.8 Å². The lowest BCUT2D eigenvalue weighted by atomic mass is 9.98. The summed E-state index contributed by atoms with van der Waals surface area (Å²) in [4.78, 5) is 24.9. The van der Waals surface area contributed by atoms with Gasteiger partial charge in [0.25, 0.3) is 5.91 Å². The Morgan fingerprint density at radius 2 is 2.06 bits per heavy atom. The first-order chi connectivity index (χ1) is 16.1. The highest BCUT2D eigenvalue weighted by Crippen LogP contribution is 2.36. The van der Waals surface area contributed by atoms with Gasteiger partial charge in [-0.05, 0) is 56.5 Å². The standard InChI is InChI=1S/C23H26ClN3O6S/c1-13-9-18-20(33-14(2)22(28)26-18)11-21(13)34(30,31)27-8-4-5-15(12-27)23(29)25-16-6-7-19(32-3)17(24)10-16/h6-7,9-11,14-15H,4-5,8,12H2,1-3H3,(H,25,29)(H,26,28)/t14-,15+/m1/s1. The van der Waals surface area contributed by atoms with Gasteiger partial charge in [0.05, 0.1) is 28.6 Å². The number of halogens is 1. The number of nitrogens with one attached hydrogen (secondary N) is 2.